The number of nitrogens with one attached hydrogen (secondary N) is 1. The molecule has 3 heterocycles. The molecular weight excluding hydrogens is 340 g/mol. The summed E-state index contributed by atoms with van der Waals surface area (Å²) in [4.78, 5) is 17.2. The fourth-order valence-electron chi connectivity index (χ4n) is 3.38. The normalized spacial score (nSPS) is 16.2. The van der Waals surface area contributed by atoms with E-state index in [9.17, 15) is 13.6 Å². The molecule has 1 aliphatic heterocycles. The number of aryl methyl sites for hydroxylation is 2. The van der Waals surface area contributed by atoms with Crippen molar-refractivity contribution in [1.82, 2.24) is 14.7 Å². The zero-order chi connectivity index (χ0) is 18.4. The molecule has 1 atom stereocenters. The van der Waals surface area contributed by atoms with Crippen LogP contribution in [0.2, 0.25) is 0 Å². The molecule has 5 nitrogen and oxygen atoms in total. The van der Waals surface area contributed by atoms with Gasteiger partial charge in [-0.25, -0.2) is 13.8 Å². The van der Waals surface area contributed by atoms with Crippen LogP contribution in [-0.2, 0) is 0 Å². The summed E-state index contributed by atoms with van der Waals surface area (Å²) in [5.74, 6) is -2.08. The average Bonchev–Trinajstić information content (AvgIpc) is 3.02. The lowest BCUT2D eigenvalue weighted by atomic mass is 9.99. The summed E-state index contributed by atoms with van der Waals surface area (Å²) in [6.07, 6.45) is 2.13. The number of aromatic nitrogens is 2. The van der Waals surface area contributed by atoms with Gasteiger partial charge < -0.3 is 14.5 Å². The Labute approximate surface area is 148 Å². The van der Waals surface area contributed by atoms with E-state index in [0.29, 0.717) is 24.2 Å². The molecule has 0 radical (unpaired) electrons. The molecule has 0 spiro atoms. The predicted octanol–water partition coefficient (Wildman–Crippen LogP) is 3.48. The van der Waals surface area contributed by atoms with Crippen LogP contribution in [0.1, 0.15) is 39.8 Å². The van der Waals surface area contributed by atoms with Crippen LogP contribution in [0, 0.1) is 25.5 Å². The Kier molecular flexibility index (Phi) is 3.86. The number of rotatable bonds is 2. The van der Waals surface area contributed by atoms with Gasteiger partial charge in [-0.1, -0.05) is 0 Å². The summed E-state index contributed by atoms with van der Waals surface area (Å²) in [5.41, 5.74) is 2.73. The number of halogens is 2. The van der Waals surface area contributed by atoms with E-state index >= 15 is 0 Å². The van der Waals surface area contributed by atoms with Crippen molar-refractivity contribution in [1.29, 1.82) is 0 Å². The van der Waals surface area contributed by atoms with Crippen LogP contribution in [0.4, 0.5) is 8.78 Å². The number of hydrogen-bond donors (Lipinski definition) is 1. The van der Waals surface area contributed by atoms with Crippen LogP contribution in [0.25, 0.3) is 5.65 Å². The third-order valence-corrected chi connectivity index (χ3v) is 4.59. The molecule has 0 saturated heterocycles. The predicted molar refractivity (Wildman–Crippen MR) is 91.3 cm³/mol. The Morgan fingerprint density at radius 2 is 2.12 bits per heavy atom. The topological polar surface area (TPSA) is 55.6 Å². The highest BCUT2D eigenvalue weighted by atomic mass is 19.2. The van der Waals surface area contributed by atoms with Crippen molar-refractivity contribution in [3.05, 3.63) is 64.6 Å². The minimum Gasteiger partial charge on any atom is -0.493 e. The summed E-state index contributed by atoms with van der Waals surface area (Å²) in [5, 5.41) is 2.80. The summed E-state index contributed by atoms with van der Waals surface area (Å²) in [7, 11) is 0. The molecule has 3 aromatic rings. The van der Waals surface area contributed by atoms with Gasteiger partial charge in [0.2, 0.25) is 0 Å². The van der Waals surface area contributed by atoms with Crippen LogP contribution < -0.4 is 10.1 Å². The van der Waals surface area contributed by atoms with Gasteiger partial charge in [-0.15, -0.1) is 0 Å². The molecule has 0 aliphatic carbocycles. The van der Waals surface area contributed by atoms with Gasteiger partial charge in [0.15, 0.2) is 11.6 Å². The third-order valence-electron chi connectivity index (χ3n) is 4.59. The van der Waals surface area contributed by atoms with E-state index in [1.807, 2.05) is 24.3 Å². The molecule has 1 amide bonds. The van der Waals surface area contributed by atoms with Gasteiger partial charge in [0.05, 0.1) is 23.8 Å². The Morgan fingerprint density at radius 1 is 1.31 bits per heavy atom. The molecule has 1 aromatic carbocycles. The number of ether oxygens (including phenoxy) is 1. The lowest BCUT2D eigenvalue weighted by Crippen LogP contribution is -2.33. The Bertz CT molecular complexity index is 1030. The highest BCUT2D eigenvalue weighted by Crippen LogP contribution is 2.35. The first-order valence-electron chi connectivity index (χ1n) is 8.32. The van der Waals surface area contributed by atoms with Crippen molar-refractivity contribution in [2.45, 2.75) is 26.3 Å². The highest BCUT2D eigenvalue weighted by molar-refractivity contribution is 6.00. The van der Waals surface area contributed by atoms with Crippen molar-refractivity contribution in [2.75, 3.05) is 6.61 Å². The van der Waals surface area contributed by atoms with Crippen molar-refractivity contribution < 1.29 is 18.3 Å². The zero-order valence-corrected chi connectivity index (χ0v) is 14.3. The molecule has 0 fully saturated rings. The van der Waals surface area contributed by atoms with E-state index in [1.54, 1.807) is 12.3 Å². The molecular formula is C19H17F2N3O2. The van der Waals surface area contributed by atoms with E-state index in [0.717, 1.165) is 17.5 Å². The highest BCUT2D eigenvalue weighted by Gasteiger charge is 2.29. The maximum Gasteiger partial charge on any atom is 0.255 e. The van der Waals surface area contributed by atoms with Crippen molar-refractivity contribution in [3.8, 4) is 5.75 Å². The first kappa shape index (κ1) is 16.5. The molecule has 1 N–H and O–H groups in total. The summed E-state index contributed by atoms with van der Waals surface area (Å²) in [6.45, 7) is 4.10. The van der Waals surface area contributed by atoms with Gasteiger partial charge in [0.1, 0.15) is 11.4 Å². The summed E-state index contributed by atoms with van der Waals surface area (Å²) in [6, 6.07) is 5.33. The van der Waals surface area contributed by atoms with Crippen LogP contribution in [0.3, 0.4) is 0 Å². The molecule has 0 saturated carbocycles. The van der Waals surface area contributed by atoms with Gasteiger partial charge in [0.25, 0.3) is 5.91 Å². The van der Waals surface area contributed by atoms with E-state index in [2.05, 4.69) is 10.3 Å². The van der Waals surface area contributed by atoms with Crippen molar-refractivity contribution >= 4 is 11.6 Å². The number of nitrogens with zero attached hydrogens (tertiary/aromatic N) is 2. The molecule has 7 heteroatoms. The second-order valence-electron chi connectivity index (χ2n) is 6.40. The van der Waals surface area contributed by atoms with E-state index in [4.69, 9.17) is 4.74 Å². The molecule has 134 valence electrons. The van der Waals surface area contributed by atoms with E-state index in [-0.39, 0.29) is 17.2 Å². The number of carbonyl (C=O) groups excluding carboxylic acids is 1. The van der Waals surface area contributed by atoms with Gasteiger partial charge in [-0.3, -0.25) is 4.79 Å². The van der Waals surface area contributed by atoms with E-state index in [1.165, 1.54) is 6.07 Å². The van der Waals surface area contributed by atoms with Crippen molar-refractivity contribution in [2.24, 2.45) is 0 Å². The van der Waals surface area contributed by atoms with Gasteiger partial charge in [0, 0.05) is 24.0 Å². The van der Waals surface area contributed by atoms with Crippen LogP contribution in [0.5, 0.6) is 5.75 Å². The SMILES string of the molecule is Cc1cc(C)n2ccc(C(=O)NC3CCOc4ccc(F)c(F)c43)c2n1. The maximum absolute atomic E-state index is 14.3. The number of carbonyl (C=O) groups is 1. The molecule has 0 bridgehead atoms. The van der Waals surface area contributed by atoms with Crippen LogP contribution in [0.15, 0.2) is 30.5 Å². The Balaban J connectivity index is 1.70. The van der Waals surface area contributed by atoms with Gasteiger partial charge in [-0.05, 0) is 38.1 Å². The first-order chi connectivity index (χ1) is 12.5. The zero-order valence-electron chi connectivity index (χ0n) is 14.3. The van der Waals surface area contributed by atoms with E-state index < -0.39 is 17.7 Å². The third kappa shape index (κ3) is 2.60. The monoisotopic (exact) mass is 357 g/mol. The summed E-state index contributed by atoms with van der Waals surface area (Å²) < 4.78 is 35.1. The van der Waals surface area contributed by atoms with Gasteiger partial charge in [-0.2, -0.15) is 0 Å². The quantitative estimate of drug-likeness (QED) is 0.764. The second-order valence-corrected chi connectivity index (χ2v) is 6.40. The second kappa shape index (κ2) is 6.09. The summed E-state index contributed by atoms with van der Waals surface area (Å²) >= 11 is 0. The van der Waals surface area contributed by atoms with Crippen molar-refractivity contribution in [3.63, 3.8) is 0 Å². The lowest BCUT2D eigenvalue weighted by Gasteiger charge is -2.27. The lowest BCUT2D eigenvalue weighted by molar-refractivity contribution is 0.0924. The van der Waals surface area contributed by atoms with Crippen LogP contribution >= 0.6 is 0 Å². The average molecular weight is 357 g/mol. The number of fused-ring (bicyclic) bond motifs is 2. The Morgan fingerprint density at radius 3 is 2.92 bits per heavy atom. The minimum absolute atomic E-state index is 0.0495. The number of amides is 1. The molecule has 26 heavy (non-hydrogen) atoms. The largest absolute Gasteiger partial charge is 0.493 e. The smallest absolute Gasteiger partial charge is 0.255 e. The number of hydrogen-bond acceptors (Lipinski definition) is 3. The minimum atomic E-state index is -0.987. The first-order valence-corrected chi connectivity index (χ1v) is 8.32. The molecule has 4 rings (SSSR count). The molecule has 1 aliphatic rings. The fourth-order valence-corrected chi connectivity index (χ4v) is 3.38. The van der Waals surface area contributed by atoms with Gasteiger partial charge >= 0.3 is 0 Å². The van der Waals surface area contributed by atoms with Crippen LogP contribution in [-0.4, -0.2) is 21.9 Å². The maximum atomic E-state index is 14.3. The fraction of sp³-hybridized carbons (Fsp3) is 0.263. The number of benzene rings is 1. The molecule has 1 unspecified atom stereocenters. The standard InChI is InChI=1S/C19H17F2N3O2/c1-10-9-11(2)24-7-5-12(18(24)22-10)19(25)23-14-6-8-26-15-4-3-13(20)17(21)16(14)15/h3-5,7,9,14H,6,8H2,1-2H3,(H,23,25). The molecule has 2 aromatic heterocycles. The Hall–Kier alpha value is -2.96.